The third-order valence-electron chi connectivity index (χ3n) is 3.02. The number of carbonyl (C=O) groups is 1. The third kappa shape index (κ3) is 2.88. The fourth-order valence-electron chi connectivity index (χ4n) is 2.14. The van der Waals surface area contributed by atoms with Crippen molar-refractivity contribution in [3.8, 4) is 5.75 Å². The maximum atomic E-state index is 11.9. The van der Waals surface area contributed by atoms with E-state index in [0.29, 0.717) is 16.9 Å². The van der Waals surface area contributed by atoms with Gasteiger partial charge in [0.25, 0.3) is 0 Å². The first-order valence-corrected chi connectivity index (χ1v) is 6.31. The maximum Gasteiger partial charge on any atom is 0.339 e. The van der Waals surface area contributed by atoms with Gasteiger partial charge < -0.3 is 14.3 Å². The van der Waals surface area contributed by atoms with Crippen LogP contribution in [0, 0.1) is 6.92 Å². The Bertz CT molecular complexity index is 712. The van der Waals surface area contributed by atoms with Crippen LogP contribution in [0.25, 0.3) is 11.0 Å². The molecule has 2 aromatic rings. The van der Waals surface area contributed by atoms with Gasteiger partial charge in [-0.3, -0.25) is 4.79 Å². The lowest BCUT2D eigenvalue weighted by Gasteiger charge is -2.10. The number of esters is 1. The van der Waals surface area contributed by atoms with Gasteiger partial charge in [0.05, 0.1) is 6.10 Å². The fourth-order valence-corrected chi connectivity index (χ4v) is 2.14. The second kappa shape index (κ2) is 5.46. The molecule has 0 radical (unpaired) electrons. The molecule has 5 nitrogen and oxygen atoms in total. The van der Waals surface area contributed by atoms with E-state index in [1.807, 2.05) is 6.92 Å². The first kappa shape index (κ1) is 14.3. The molecule has 0 amide bonds. The summed E-state index contributed by atoms with van der Waals surface area (Å²) < 4.78 is 10.2. The topological polar surface area (TPSA) is 76.7 Å². The lowest BCUT2D eigenvalue weighted by Crippen LogP contribution is -2.16. The van der Waals surface area contributed by atoms with Crippen molar-refractivity contribution in [2.75, 3.05) is 0 Å². The van der Waals surface area contributed by atoms with E-state index in [1.165, 1.54) is 13.0 Å². The van der Waals surface area contributed by atoms with Crippen molar-refractivity contribution in [1.82, 2.24) is 0 Å². The van der Waals surface area contributed by atoms with E-state index in [0.717, 1.165) is 10.9 Å². The second-order valence-corrected chi connectivity index (χ2v) is 4.80. The molecule has 0 aliphatic heterocycles. The van der Waals surface area contributed by atoms with Crippen LogP contribution >= 0.6 is 0 Å². The summed E-state index contributed by atoms with van der Waals surface area (Å²) in [5, 5.41) is 10.2. The van der Waals surface area contributed by atoms with Crippen LogP contribution in [0.2, 0.25) is 0 Å². The molecule has 0 fully saturated rings. The predicted molar refractivity (Wildman–Crippen MR) is 73.9 cm³/mol. The van der Waals surface area contributed by atoms with Gasteiger partial charge in [-0.15, -0.1) is 0 Å². The van der Waals surface area contributed by atoms with Crippen molar-refractivity contribution in [2.45, 2.75) is 33.3 Å². The van der Waals surface area contributed by atoms with Gasteiger partial charge in [0.15, 0.2) is 0 Å². The van der Waals surface area contributed by atoms with Gasteiger partial charge in [0, 0.05) is 30.4 Å². The van der Waals surface area contributed by atoms with E-state index in [2.05, 4.69) is 0 Å². The van der Waals surface area contributed by atoms with Gasteiger partial charge in [-0.1, -0.05) is 0 Å². The predicted octanol–water partition coefficient (Wildman–Crippen LogP) is 1.95. The smallest absolute Gasteiger partial charge is 0.339 e. The van der Waals surface area contributed by atoms with Crippen LogP contribution in [0.15, 0.2) is 27.4 Å². The van der Waals surface area contributed by atoms with Crippen LogP contribution in [0.5, 0.6) is 5.75 Å². The van der Waals surface area contributed by atoms with Crippen LogP contribution < -0.4 is 10.4 Å². The van der Waals surface area contributed by atoms with E-state index >= 15 is 0 Å². The zero-order valence-electron chi connectivity index (χ0n) is 11.6. The van der Waals surface area contributed by atoms with E-state index in [9.17, 15) is 14.7 Å². The highest BCUT2D eigenvalue weighted by Gasteiger charge is 2.14. The van der Waals surface area contributed by atoms with Gasteiger partial charge in [-0.25, -0.2) is 4.79 Å². The molecule has 1 N–H and O–H groups in total. The minimum atomic E-state index is -0.616. The normalized spacial score (nSPS) is 12.4. The molecule has 20 heavy (non-hydrogen) atoms. The van der Waals surface area contributed by atoms with E-state index in [-0.39, 0.29) is 6.42 Å². The highest BCUT2D eigenvalue weighted by atomic mass is 16.5. The van der Waals surface area contributed by atoms with Crippen LogP contribution in [0.4, 0.5) is 0 Å². The summed E-state index contributed by atoms with van der Waals surface area (Å²) in [5.41, 5.74) is 1.12. The molecule has 1 heterocycles. The van der Waals surface area contributed by atoms with Crippen molar-refractivity contribution < 1.29 is 19.1 Å². The lowest BCUT2D eigenvalue weighted by molar-refractivity contribution is -0.131. The number of aliphatic hydroxyl groups excluding tert-OH is 1. The molecule has 0 aliphatic rings. The Hall–Kier alpha value is -2.14. The van der Waals surface area contributed by atoms with Crippen molar-refractivity contribution in [3.05, 3.63) is 39.7 Å². The molecule has 5 heteroatoms. The largest absolute Gasteiger partial charge is 0.427 e. The molecule has 0 spiro atoms. The first-order chi connectivity index (χ1) is 9.38. The Morgan fingerprint density at radius 3 is 2.75 bits per heavy atom. The van der Waals surface area contributed by atoms with E-state index < -0.39 is 17.7 Å². The molecule has 106 valence electrons. The fraction of sp³-hybridized carbons (Fsp3) is 0.333. The SMILES string of the molecule is CC(=O)Oc1ccc2c(C)c(C[C@@H](C)O)c(=O)oc2c1. The minimum absolute atomic E-state index is 0.246. The Morgan fingerprint density at radius 2 is 2.15 bits per heavy atom. The Kier molecular flexibility index (Phi) is 3.90. The zero-order valence-corrected chi connectivity index (χ0v) is 11.6. The van der Waals surface area contributed by atoms with Gasteiger partial charge in [-0.05, 0) is 31.5 Å². The van der Waals surface area contributed by atoms with E-state index in [1.54, 1.807) is 19.1 Å². The molecule has 0 bridgehead atoms. The summed E-state index contributed by atoms with van der Waals surface area (Å²) in [5.74, 6) is -0.107. The third-order valence-corrected chi connectivity index (χ3v) is 3.02. The number of benzene rings is 1. The summed E-state index contributed by atoms with van der Waals surface area (Å²) in [6.07, 6.45) is -0.370. The quantitative estimate of drug-likeness (QED) is 0.526. The van der Waals surface area contributed by atoms with Gasteiger partial charge >= 0.3 is 11.6 Å². The highest BCUT2D eigenvalue weighted by Crippen LogP contribution is 2.24. The molecular formula is C15H16O5. The van der Waals surface area contributed by atoms with Crippen molar-refractivity contribution in [1.29, 1.82) is 0 Å². The summed E-state index contributed by atoms with van der Waals surface area (Å²) in [6.45, 7) is 4.73. The van der Waals surface area contributed by atoms with Crippen LogP contribution in [0.1, 0.15) is 25.0 Å². The van der Waals surface area contributed by atoms with Gasteiger partial charge in [-0.2, -0.15) is 0 Å². The van der Waals surface area contributed by atoms with Crippen LogP contribution in [-0.2, 0) is 11.2 Å². The minimum Gasteiger partial charge on any atom is -0.427 e. The highest BCUT2D eigenvalue weighted by molar-refractivity contribution is 5.83. The molecule has 0 saturated carbocycles. The lowest BCUT2D eigenvalue weighted by atomic mass is 10.0. The number of carbonyl (C=O) groups excluding carboxylic acids is 1. The molecule has 0 unspecified atom stereocenters. The monoisotopic (exact) mass is 276 g/mol. The first-order valence-electron chi connectivity index (χ1n) is 6.31. The maximum absolute atomic E-state index is 11.9. The molecular weight excluding hydrogens is 260 g/mol. The van der Waals surface area contributed by atoms with Crippen molar-refractivity contribution in [3.63, 3.8) is 0 Å². The van der Waals surface area contributed by atoms with Crippen molar-refractivity contribution in [2.24, 2.45) is 0 Å². The Balaban J connectivity index is 2.57. The summed E-state index contributed by atoms with van der Waals surface area (Å²) in [6, 6.07) is 4.89. The molecule has 1 aromatic heterocycles. The van der Waals surface area contributed by atoms with Crippen LogP contribution in [0.3, 0.4) is 0 Å². The summed E-state index contributed by atoms with van der Waals surface area (Å²) >= 11 is 0. The zero-order chi connectivity index (χ0) is 14.9. The number of ether oxygens (including phenoxy) is 1. The molecule has 0 saturated heterocycles. The number of hydrogen-bond donors (Lipinski definition) is 1. The number of rotatable bonds is 3. The number of hydrogen-bond acceptors (Lipinski definition) is 5. The second-order valence-electron chi connectivity index (χ2n) is 4.80. The summed E-state index contributed by atoms with van der Waals surface area (Å²) in [4.78, 5) is 22.9. The van der Waals surface area contributed by atoms with Gasteiger partial charge in [0.1, 0.15) is 11.3 Å². The molecule has 1 atom stereocenters. The number of aryl methyl sites for hydroxylation is 1. The van der Waals surface area contributed by atoms with Crippen molar-refractivity contribution >= 4 is 16.9 Å². The van der Waals surface area contributed by atoms with Gasteiger partial charge in [0.2, 0.25) is 0 Å². The van der Waals surface area contributed by atoms with Crippen LogP contribution in [-0.4, -0.2) is 17.2 Å². The molecule has 1 aromatic carbocycles. The Labute approximate surface area is 115 Å². The number of aliphatic hydroxyl groups is 1. The average molecular weight is 276 g/mol. The van der Waals surface area contributed by atoms with E-state index in [4.69, 9.17) is 9.15 Å². The Morgan fingerprint density at radius 1 is 1.45 bits per heavy atom. The number of fused-ring (bicyclic) bond motifs is 1. The summed E-state index contributed by atoms with van der Waals surface area (Å²) in [7, 11) is 0. The molecule has 0 aliphatic carbocycles. The molecule has 2 rings (SSSR count). The standard InChI is InChI=1S/C15H16O5/c1-8(16)6-13-9(2)12-5-4-11(19-10(3)17)7-14(12)20-15(13)18/h4-5,7-8,16H,6H2,1-3H3/t8-/m1/s1. The average Bonchev–Trinajstić information content (AvgIpc) is 2.33.